The molecule has 0 rings (SSSR count). The van der Waals surface area contributed by atoms with Gasteiger partial charge in [-0.05, 0) is 99.8 Å². The highest BCUT2D eigenvalue weighted by Gasteiger charge is 2.13. The fourth-order valence-electron chi connectivity index (χ4n) is 3.26. The SMILES string of the molecule is CC(C)=CCC/C(C)=C/COC(CC(C)CCC=C(C)C)OC/C=C(\C)CCC=C(C)C. The molecule has 0 fully saturated rings. The molecule has 0 amide bonds. The molecule has 0 aromatic rings. The maximum atomic E-state index is 6.16. The molecule has 2 heteroatoms. The topological polar surface area (TPSA) is 18.5 Å². The summed E-state index contributed by atoms with van der Waals surface area (Å²) in [4.78, 5) is 0. The largest absolute Gasteiger partial charge is 0.349 e. The molecule has 0 aliphatic rings. The van der Waals surface area contributed by atoms with Gasteiger partial charge >= 0.3 is 0 Å². The Bertz CT molecular complexity index is 592. The molecule has 0 N–H and O–H groups in total. The second-order valence-electron chi connectivity index (χ2n) is 10.0. The summed E-state index contributed by atoms with van der Waals surface area (Å²) in [5.74, 6) is 0.570. The Morgan fingerprint density at radius 1 is 0.594 bits per heavy atom. The van der Waals surface area contributed by atoms with Gasteiger partial charge in [-0.1, -0.05) is 65.2 Å². The normalized spacial score (nSPS) is 14.0. The van der Waals surface area contributed by atoms with E-state index in [1.165, 1.54) is 34.3 Å². The van der Waals surface area contributed by atoms with Crippen LogP contribution in [0.1, 0.15) is 107 Å². The molecule has 0 radical (unpaired) electrons. The maximum Gasteiger partial charge on any atom is 0.158 e. The van der Waals surface area contributed by atoms with Crippen molar-refractivity contribution >= 4 is 0 Å². The van der Waals surface area contributed by atoms with Crippen molar-refractivity contribution in [2.24, 2.45) is 5.92 Å². The molecule has 0 aromatic heterocycles. The second-order valence-corrected chi connectivity index (χ2v) is 10.0. The number of rotatable bonds is 17. The van der Waals surface area contributed by atoms with Gasteiger partial charge in [0.05, 0.1) is 13.2 Å². The van der Waals surface area contributed by atoms with Crippen LogP contribution >= 0.6 is 0 Å². The minimum absolute atomic E-state index is 0.152. The van der Waals surface area contributed by atoms with E-state index >= 15 is 0 Å². The van der Waals surface area contributed by atoms with Gasteiger partial charge < -0.3 is 9.47 Å². The lowest BCUT2D eigenvalue weighted by Crippen LogP contribution is -2.21. The number of ether oxygens (including phenoxy) is 2. The van der Waals surface area contributed by atoms with Crippen molar-refractivity contribution in [2.45, 2.75) is 114 Å². The first-order chi connectivity index (χ1) is 15.1. The average molecular weight is 445 g/mol. The highest BCUT2D eigenvalue weighted by atomic mass is 16.7. The molecular formula is C30H52O2. The molecule has 0 heterocycles. The zero-order valence-corrected chi connectivity index (χ0v) is 22.7. The van der Waals surface area contributed by atoms with Crippen molar-refractivity contribution in [1.29, 1.82) is 0 Å². The Kier molecular flexibility index (Phi) is 18.3. The Morgan fingerprint density at radius 2 is 1.00 bits per heavy atom. The molecule has 0 aromatic carbocycles. The van der Waals surface area contributed by atoms with E-state index in [1.807, 2.05) is 0 Å². The first-order valence-corrected chi connectivity index (χ1v) is 12.5. The molecule has 1 atom stereocenters. The lowest BCUT2D eigenvalue weighted by molar-refractivity contribution is -0.137. The van der Waals surface area contributed by atoms with Crippen LogP contribution in [0.15, 0.2) is 58.2 Å². The van der Waals surface area contributed by atoms with Gasteiger partial charge in [-0.3, -0.25) is 0 Å². The van der Waals surface area contributed by atoms with Crippen LogP contribution in [-0.2, 0) is 9.47 Å². The lowest BCUT2D eigenvalue weighted by Gasteiger charge is -2.21. The predicted octanol–water partition coefficient (Wildman–Crippen LogP) is 9.50. The molecule has 184 valence electrons. The summed E-state index contributed by atoms with van der Waals surface area (Å²) in [6, 6.07) is 0. The molecule has 2 nitrogen and oxygen atoms in total. The van der Waals surface area contributed by atoms with Gasteiger partial charge in [-0.2, -0.15) is 0 Å². The van der Waals surface area contributed by atoms with Crippen molar-refractivity contribution in [1.82, 2.24) is 0 Å². The molecule has 32 heavy (non-hydrogen) atoms. The molecule has 0 aliphatic heterocycles. The molecule has 0 aliphatic carbocycles. The van der Waals surface area contributed by atoms with Gasteiger partial charge in [-0.25, -0.2) is 0 Å². The van der Waals surface area contributed by atoms with E-state index in [0.29, 0.717) is 19.1 Å². The van der Waals surface area contributed by atoms with Crippen LogP contribution in [-0.4, -0.2) is 19.5 Å². The summed E-state index contributed by atoms with van der Waals surface area (Å²) in [5.41, 5.74) is 6.92. The van der Waals surface area contributed by atoms with E-state index < -0.39 is 0 Å². The maximum absolute atomic E-state index is 6.16. The Morgan fingerprint density at radius 3 is 1.41 bits per heavy atom. The van der Waals surface area contributed by atoms with E-state index in [-0.39, 0.29) is 6.29 Å². The van der Waals surface area contributed by atoms with Crippen LogP contribution in [0.4, 0.5) is 0 Å². The lowest BCUT2D eigenvalue weighted by atomic mass is 10.0. The zero-order valence-electron chi connectivity index (χ0n) is 22.7. The predicted molar refractivity (Wildman–Crippen MR) is 143 cm³/mol. The molecule has 1 unspecified atom stereocenters. The van der Waals surface area contributed by atoms with E-state index in [1.54, 1.807) is 0 Å². The third-order valence-corrected chi connectivity index (χ3v) is 5.42. The monoisotopic (exact) mass is 444 g/mol. The Hall–Kier alpha value is -1.38. The molecule has 0 saturated carbocycles. The third kappa shape index (κ3) is 20.5. The number of allylic oxidation sites excluding steroid dienone is 8. The molecule has 0 bridgehead atoms. The summed E-state index contributed by atoms with van der Waals surface area (Å²) in [6.45, 7) is 20.9. The Labute approximate surface area is 200 Å². The van der Waals surface area contributed by atoms with Gasteiger partial charge in [0.25, 0.3) is 0 Å². The van der Waals surface area contributed by atoms with Crippen LogP contribution in [0.2, 0.25) is 0 Å². The van der Waals surface area contributed by atoms with E-state index in [4.69, 9.17) is 9.47 Å². The van der Waals surface area contributed by atoms with Crippen molar-refractivity contribution in [2.75, 3.05) is 13.2 Å². The van der Waals surface area contributed by atoms with E-state index in [2.05, 4.69) is 92.7 Å². The van der Waals surface area contributed by atoms with Crippen molar-refractivity contribution in [3.05, 3.63) is 58.2 Å². The van der Waals surface area contributed by atoms with Gasteiger partial charge in [0.2, 0.25) is 0 Å². The van der Waals surface area contributed by atoms with Crippen molar-refractivity contribution < 1.29 is 9.47 Å². The van der Waals surface area contributed by atoms with Gasteiger partial charge in [0.15, 0.2) is 6.29 Å². The first-order valence-electron chi connectivity index (χ1n) is 12.5. The van der Waals surface area contributed by atoms with Gasteiger partial charge in [0, 0.05) is 6.42 Å². The van der Waals surface area contributed by atoms with Crippen molar-refractivity contribution in [3.63, 3.8) is 0 Å². The van der Waals surface area contributed by atoms with Crippen LogP contribution in [0.3, 0.4) is 0 Å². The number of hydrogen-bond donors (Lipinski definition) is 0. The zero-order chi connectivity index (χ0) is 24.4. The third-order valence-electron chi connectivity index (χ3n) is 5.42. The summed E-state index contributed by atoms with van der Waals surface area (Å²) in [5, 5.41) is 0. The fourth-order valence-corrected chi connectivity index (χ4v) is 3.26. The van der Waals surface area contributed by atoms with Crippen LogP contribution in [0.25, 0.3) is 0 Å². The number of hydrogen-bond acceptors (Lipinski definition) is 2. The standard InChI is InChI=1S/C30H52O2/c1-24(2)13-10-16-27(7)19-21-31-30(23-29(9)18-12-15-26(5)6)32-22-20-28(8)17-11-14-25(3)4/h13-15,19-20,29-30H,10-12,16-18,21-23H2,1-9H3/b27-19+,28-20+. The van der Waals surface area contributed by atoms with Crippen LogP contribution < -0.4 is 0 Å². The molecule has 0 saturated heterocycles. The van der Waals surface area contributed by atoms with Gasteiger partial charge in [0.1, 0.15) is 0 Å². The summed E-state index contributed by atoms with van der Waals surface area (Å²) in [6.07, 6.45) is 18.8. The summed E-state index contributed by atoms with van der Waals surface area (Å²) in [7, 11) is 0. The summed E-state index contributed by atoms with van der Waals surface area (Å²) < 4.78 is 12.3. The minimum Gasteiger partial charge on any atom is -0.349 e. The summed E-state index contributed by atoms with van der Waals surface area (Å²) >= 11 is 0. The molecular weight excluding hydrogens is 392 g/mol. The Balaban J connectivity index is 4.72. The molecule has 0 spiro atoms. The van der Waals surface area contributed by atoms with E-state index in [9.17, 15) is 0 Å². The highest BCUT2D eigenvalue weighted by Crippen LogP contribution is 2.18. The quantitative estimate of drug-likeness (QED) is 0.164. The second kappa shape index (κ2) is 19.1. The smallest absolute Gasteiger partial charge is 0.158 e. The first kappa shape index (κ1) is 30.6. The van der Waals surface area contributed by atoms with Crippen LogP contribution in [0, 0.1) is 5.92 Å². The van der Waals surface area contributed by atoms with Crippen LogP contribution in [0.5, 0.6) is 0 Å². The average Bonchev–Trinajstić information content (AvgIpc) is 2.66. The minimum atomic E-state index is -0.152. The fraction of sp³-hybridized carbons (Fsp3) is 0.667. The van der Waals surface area contributed by atoms with Crippen molar-refractivity contribution in [3.8, 4) is 0 Å². The highest BCUT2D eigenvalue weighted by molar-refractivity contribution is 5.03. The van der Waals surface area contributed by atoms with E-state index in [0.717, 1.165) is 38.5 Å². The van der Waals surface area contributed by atoms with Gasteiger partial charge in [-0.15, -0.1) is 0 Å².